The van der Waals surface area contributed by atoms with Crippen molar-refractivity contribution < 1.29 is 19.1 Å². The van der Waals surface area contributed by atoms with Crippen molar-refractivity contribution in [2.45, 2.75) is 19.3 Å². The van der Waals surface area contributed by atoms with Crippen LogP contribution in [0, 0.1) is 11.8 Å². The first-order valence-corrected chi connectivity index (χ1v) is 7.95. The largest absolute Gasteiger partial charge is 0.497 e. The summed E-state index contributed by atoms with van der Waals surface area (Å²) in [4.78, 5) is 26.5. The molecule has 1 saturated heterocycles. The number of likely N-dealkylation sites (tertiary alicyclic amines) is 1. The lowest BCUT2D eigenvalue weighted by molar-refractivity contribution is -0.133. The van der Waals surface area contributed by atoms with Crippen LogP contribution in [0.5, 0.6) is 11.5 Å². The highest BCUT2D eigenvalue weighted by Crippen LogP contribution is 2.42. The Bertz CT molecular complexity index is 611. The van der Waals surface area contributed by atoms with Crippen LogP contribution >= 0.6 is 0 Å². The second-order valence-electron chi connectivity index (χ2n) is 6.04. The van der Waals surface area contributed by atoms with Crippen LogP contribution in [0.25, 0.3) is 0 Å². The molecule has 2 atom stereocenters. The van der Waals surface area contributed by atoms with E-state index < -0.39 is 0 Å². The Hall–Kier alpha value is -2.24. The number of hydrogen-bond donors (Lipinski definition) is 1. The fraction of sp³-hybridized carbons (Fsp3) is 0.529. The van der Waals surface area contributed by atoms with Gasteiger partial charge in [0.2, 0.25) is 11.8 Å². The highest BCUT2D eigenvalue weighted by Gasteiger charge is 2.49. The van der Waals surface area contributed by atoms with Crippen LogP contribution < -0.4 is 14.8 Å². The first-order chi connectivity index (χ1) is 11.1. The average Bonchev–Trinajstić information content (AvgIpc) is 3.19. The van der Waals surface area contributed by atoms with Gasteiger partial charge in [0.1, 0.15) is 11.5 Å². The van der Waals surface area contributed by atoms with E-state index in [0.717, 1.165) is 25.9 Å². The molecular formula is C17H22N2O4. The zero-order valence-corrected chi connectivity index (χ0v) is 13.5. The fourth-order valence-corrected chi connectivity index (χ4v) is 3.06. The number of hydrogen-bond acceptors (Lipinski definition) is 4. The van der Waals surface area contributed by atoms with E-state index in [0.29, 0.717) is 23.6 Å². The predicted molar refractivity (Wildman–Crippen MR) is 85.6 cm³/mol. The van der Waals surface area contributed by atoms with Crippen LogP contribution in [-0.4, -0.2) is 44.0 Å². The molecule has 0 aromatic heterocycles. The van der Waals surface area contributed by atoms with E-state index in [1.54, 1.807) is 32.4 Å². The zero-order chi connectivity index (χ0) is 16.4. The van der Waals surface area contributed by atoms with Crippen molar-refractivity contribution in [3.8, 4) is 11.5 Å². The van der Waals surface area contributed by atoms with Crippen LogP contribution in [0.1, 0.15) is 19.3 Å². The molecule has 6 heteroatoms. The van der Waals surface area contributed by atoms with Crippen molar-refractivity contribution in [1.29, 1.82) is 0 Å². The number of carbonyl (C=O) groups excluding carboxylic acids is 2. The Labute approximate surface area is 135 Å². The van der Waals surface area contributed by atoms with Crippen LogP contribution in [0.3, 0.4) is 0 Å². The van der Waals surface area contributed by atoms with Crippen LogP contribution in [0.15, 0.2) is 18.2 Å². The number of rotatable bonds is 5. The molecule has 2 fully saturated rings. The molecule has 1 heterocycles. The molecule has 1 N–H and O–H groups in total. The van der Waals surface area contributed by atoms with E-state index >= 15 is 0 Å². The van der Waals surface area contributed by atoms with E-state index in [1.807, 2.05) is 4.90 Å². The third kappa shape index (κ3) is 3.25. The first-order valence-electron chi connectivity index (χ1n) is 7.95. The molecule has 1 aromatic carbocycles. The van der Waals surface area contributed by atoms with Gasteiger partial charge >= 0.3 is 0 Å². The molecule has 124 valence electrons. The lowest BCUT2D eigenvalue weighted by atomic mass is 10.2. The van der Waals surface area contributed by atoms with Gasteiger partial charge in [-0.15, -0.1) is 0 Å². The second kappa shape index (κ2) is 6.48. The third-order valence-electron chi connectivity index (χ3n) is 4.53. The first kappa shape index (κ1) is 15.6. The number of ether oxygens (including phenoxy) is 2. The summed E-state index contributed by atoms with van der Waals surface area (Å²) in [5, 5.41) is 2.86. The molecule has 6 nitrogen and oxygen atoms in total. The van der Waals surface area contributed by atoms with E-state index in [1.165, 1.54) is 0 Å². The summed E-state index contributed by atoms with van der Waals surface area (Å²) in [5.74, 6) is 0.830. The monoisotopic (exact) mass is 318 g/mol. The number of anilines is 1. The van der Waals surface area contributed by atoms with Crippen molar-refractivity contribution in [1.82, 2.24) is 4.90 Å². The standard InChI is InChI=1S/C17H22N2O4/c1-22-11-5-6-14(15(9-11)23-2)18-16(20)12-10-13(12)17(21)19-7-3-4-8-19/h5-6,9,12-13H,3-4,7-8,10H2,1-2H3,(H,18,20). The van der Waals surface area contributed by atoms with Gasteiger partial charge < -0.3 is 19.7 Å². The molecule has 1 saturated carbocycles. The molecule has 2 aliphatic rings. The quantitative estimate of drug-likeness (QED) is 0.900. The van der Waals surface area contributed by atoms with Crippen molar-refractivity contribution in [2.24, 2.45) is 11.8 Å². The maximum atomic E-state index is 12.4. The molecule has 1 aromatic rings. The van der Waals surface area contributed by atoms with Gasteiger partial charge in [0.25, 0.3) is 0 Å². The molecule has 2 amide bonds. The Morgan fingerprint density at radius 2 is 1.87 bits per heavy atom. The molecule has 0 spiro atoms. The Balaban J connectivity index is 1.61. The molecule has 1 aliphatic carbocycles. The maximum absolute atomic E-state index is 12.4. The molecule has 0 bridgehead atoms. The lowest BCUT2D eigenvalue weighted by Gasteiger charge is -2.15. The minimum atomic E-state index is -0.227. The molecule has 3 rings (SSSR count). The van der Waals surface area contributed by atoms with Gasteiger partial charge in [0.15, 0.2) is 0 Å². The van der Waals surface area contributed by atoms with E-state index in [-0.39, 0.29) is 23.7 Å². The summed E-state index contributed by atoms with van der Waals surface area (Å²) >= 11 is 0. The Kier molecular flexibility index (Phi) is 4.41. The minimum Gasteiger partial charge on any atom is -0.497 e. The van der Waals surface area contributed by atoms with Gasteiger partial charge in [-0.05, 0) is 31.4 Å². The number of nitrogens with one attached hydrogen (secondary N) is 1. The lowest BCUT2D eigenvalue weighted by Crippen LogP contribution is -2.30. The molecular weight excluding hydrogens is 296 g/mol. The van der Waals surface area contributed by atoms with Gasteiger partial charge in [0, 0.05) is 19.2 Å². The molecule has 2 unspecified atom stereocenters. The van der Waals surface area contributed by atoms with Gasteiger partial charge in [-0.2, -0.15) is 0 Å². The second-order valence-corrected chi connectivity index (χ2v) is 6.04. The normalized spacial score (nSPS) is 22.6. The molecule has 23 heavy (non-hydrogen) atoms. The van der Waals surface area contributed by atoms with Crippen molar-refractivity contribution in [3.05, 3.63) is 18.2 Å². The molecule has 0 radical (unpaired) electrons. The summed E-state index contributed by atoms with van der Waals surface area (Å²) in [5.41, 5.74) is 0.595. The van der Waals surface area contributed by atoms with Gasteiger partial charge in [-0.1, -0.05) is 0 Å². The van der Waals surface area contributed by atoms with Crippen molar-refractivity contribution in [3.63, 3.8) is 0 Å². The third-order valence-corrected chi connectivity index (χ3v) is 4.53. The number of amides is 2. The van der Waals surface area contributed by atoms with Crippen molar-refractivity contribution in [2.75, 3.05) is 32.6 Å². The van der Waals surface area contributed by atoms with Gasteiger partial charge in [-0.25, -0.2) is 0 Å². The van der Waals surface area contributed by atoms with E-state index in [4.69, 9.17) is 9.47 Å². The highest BCUT2D eigenvalue weighted by atomic mass is 16.5. The smallest absolute Gasteiger partial charge is 0.228 e. The maximum Gasteiger partial charge on any atom is 0.228 e. The molecule has 1 aliphatic heterocycles. The van der Waals surface area contributed by atoms with E-state index in [9.17, 15) is 9.59 Å². The number of carbonyl (C=O) groups is 2. The predicted octanol–water partition coefficient (Wildman–Crippen LogP) is 1.90. The number of nitrogens with zero attached hydrogens (tertiary/aromatic N) is 1. The van der Waals surface area contributed by atoms with Gasteiger partial charge in [-0.3, -0.25) is 9.59 Å². The number of methoxy groups -OCH3 is 2. The summed E-state index contributed by atoms with van der Waals surface area (Å²) in [6.45, 7) is 1.66. The summed E-state index contributed by atoms with van der Waals surface area (Å²) in [7, 11) is 3.12. The van der Waals surface area contributed by atoms with Crippen LogP contribution in [0.4, 0.5) is 5.69 Å². The van der Waals surface area contributed by atoms with Crippen LogP contribution in [0.2, 0.25) is 0 Å². The summed E-state index contributed by atoms with van der Waals surface area (Å²) < 4.78 is 10.4. The number of benzene rings is 1. The van der Waals surface area contributed by atoms with Crippen molar-refractivity contribution >= 4 is 17.5 Å². The summed E-state index contributed by atoms with van der Waals surface area (Å²) in [6.07, 6.45) is 2.77. The zero-order valence-electron chi connectivity index (χ0n) is 13.5. The summed E-state index contributed by atoms with van der Waals surface area (Å²) in [6, 6.07) is 5.22. The Morgan fingerprint density at radius 1 is 1.13 bits per heavy atom. The SMILES string of the molecule is COc1ccc(NC(=O)C2CC2C(=O)N2CCCC2)c(OC)c1. The topological polar surface area (TPSA) is 67.9 Å². The minimum absolute atomic E-state index is 0.119. The average molecular weight is 318 g/mol. The van der Waals surface area contributed by atoms with Crippen LogP contribution in [-0.2, 0) is 9.59 Å². The highest BCUT2D eigenvalue weighted by molar-refractivity contribution is 6.00. The Morgan fingerprint density at radius 3 is 2.52 bits per heavy atom. The van der Waals surface area contributed by atoms with E-state index in [2.05, 4.69) is 5.32 Å². The fourth-order valence-electron chi connectivity index (χ4n) is 3.06. The van der Waals surface area contributed by atoms with Gasteiger partial charge in [0.05, 0.1) is 31.7 Å².